The summed E-state index contributed by atoms with van der Waals surface area (Å²) in [5.74, 6) is 0. The zero-order chi connectivity index (χ0) is 13.3. The molecule has 0 aliphatic carbocycles. The minimum atomic E-state index is -3.57. The molecule has 0 radical (unpaired) electrons. The molecule has 0 atom stereocenters. The van der Waals surface area contributed by atoms with Crippen LogP contribution in [-0.4, -0.2) is 25.2 Å². The van der Waals surface area contributed by atoms with Gasteiger partial charge >= 0.3 is 0 Å². The quantitative estimate of drug-likeness (QED) is 0.795. The standard InChI is InChI=1S/C12H14N4O2S/c17-19(18,11-7-14-15-8-11)16-10-4-3-9-2-1-5-13-12(9)6-10/h3-4,6-8,13,16H,1-2,5H2,(H,14,15). The number of benzene rings is 1. The highest BCUT2D eigenvalue weighted by atomic mass is 32.2. The van der Waals surface area contributed by atoms with E-state index in [1.54, 1.807) is 6.07 Å². The zero-order valence-corrected chi connectivity index (χ0v) is 11.0. The van der Waals surface area contributed by atoms with Gasteiger partial charge in [0.15, 0.2) is 0 Å². The van der Waals surface area contributed by atoms with Gasteiger partial charge in [0.25, 0.3) is 10.0 Å². The van der Waals surface area contributed by atoms with E-state index in [-0.39, 0.29) is 4.90 Å². The SMILES string of the molecule is O=S(=O)(Nc1ccc2c(c1)NCCC2)c1cn[nH]c1. The first-order valence-electron chi connectivity index (χ1n) is 6.03. The van der Waals surface area contributed by atoms with Crippen LogP contribution in [0.1, 0.15) is 12.0 Å². The lowest BCUT2D eigenvalue weighted by Crippen LogP contribution is -2.15. The smallest absolute Gasteiger partial charge is 0.265 e. The third-order valence-corrected chi connectivity index (χ3v) is 4.43. The lowest BCUT2D eigenvalue weighted by molar-refractivity contribution is 0.601. The molecule has 0 fully saturated rings. The Balaban J connectivity index is 1.88. The summed E-state index contributed by atoms with van der Waals surface area (Å²) in [6, 6.07) is 5.56. The van der Waals surface area contributed by atoms with E-state index in [1.165, 1.54) is 18.0 Å². The van der Waals surface area contributed by atoms with E-state index in [0.29, 0.717) is 5.69 Å². The van der Waals surface area contributed by atoms with Crippen molar-refractivity contribution in [3.8, 4) is 0 Å². The molecule has 0 unspecified atom stereocenters. The molecule has 19 heavy (non-hydrogen) atoms. The number of aryl methyl sites for hydroxylation is 1. The molecule has 1 aromatic heterocycles. The van der Waals surface area contributed by atoms with E-state index in [4.69, 9.17) is 0 Å². The second kappa shape index (κ2) is 4.58. The van der Waals surface area contributed by atoms with Crippen LogP contribution in [0.3, 0.4) is 0 Å². The molecule has 2 heterocycles. The number of aromatic nitrogens is 2. The first-order valence-corrected chi connectivity index (χ1v) is 7.52. The number of hydrogen-bond donors (Lipinski definition) is 3. The molecule has 1 aromatic carbocycles. The number of sulfonamides is 1. The van der Waals surface area contributed by atoms with Crippen LogP contribution < -0.4 is 10.0 Å². The highest BCUT2D eigenvalue weighted by Crippen LogP contribution is 2.26. The largest absolute Gasteiger partial charge is 0.385 e. The Morgan fingerprint density at radius 1 is 1.32 bits per heavy atom. The van der Waals surface area contributed by atoms with Gasteiger partial charge in [-0.05, 0) is 30.5 Å². The summed E-state index contributed by atoms with van der Waals surface area (Å²) in [5, 5.41) is 9.40. The minimum Gasteiger partial charge on any atom is -0.385 e. The Labute approximate surface area is 111 Å². The van der Waals surface area contributed by atoms with E-state index in [9.17, 15) is 8.42 Å². The van der Waals surface area contributed by atoms with E-state index >= 15 is 0 Å². The van der Waals surface area contributed by atoms with Crippen molar-refractivity contribution in [1.29, 1.82) is 0 Å². The fourth-order valence-electron chi connectivity index (χ4n) is 2.12. The minimum absolute atomic E-state index is 0.123. The predicted octanol–water partition coefficient (Wildman–Crippen LogP) is 1.57. The van der Waals surface area contributed by atoms with Crippen molar-refractivity contribution < 1.29 is 8.42 Å². The van der Waals surface area contributed by atoms with E-state index in [1.807, 2.05) is 12.1 Å². The fourth-order valence-corrected chi connectivity index (χ4v) is 3.08. The summed E-state index contributed by atoms with van der Waals surface area (Å²) < 4.78 is 26.6. The van der Waals surface area contributed by atoms with E-state index in [2.05, 4.69) is 20.2 Å². The highest BCUT2D eigenvalue weighted by molar-refractivity contribution is 7.92. The molecular weight excluding hydrogens is 264 g/mol. The molecule has 0 spiro atoms. The molecule has 3 N–H and O–H groups in total. The summed E-state index contributed by atoms with van der Waals surface area (Å²) >= 11 is 0. The number of nitrogens with one attached hydrogen (secondary N) is 3. The maximum atomic E-state index is 12.0. The molecule has 0 saturated heterocycles. The maximum Gasteiger partial charge on any atom is 0.265 e. The molecule has 6 nitrogen and oxygen atoms in total. The highest BCUT2D eigenvalue weighted by Gasteiger charge is 2.16. The molecule has 2 aromatic rings. The van der Waals surface area contributed by atoms with Gasteiger partial charge in [0.2, 0.25) is 0 Å². The van der Waals surface area contributed by atoms with Gasteiger partial charge in [0.05, 0.1) is 11.9 Å². The van der Waals surface area contributed by atoms with Crippen molar-refractivity contribution in [3.05, 3.63) is 36.2 Å². The molecule has 100 valence electrons. The summed E-state index contributed by atoms with van der Waals surface area (Å²) in [7, 11) is -3.57. The molecule has 1 aliphatic heterocycles. The van der Waals surface area contributed by atoms with Gasteiger partial charge in [0, 0.05) is 18.4 Å². The molecule has 0 saturated carbocycles. The number of rotatable bonds is 3. The summed E-state index contributed by atoms with van der Waals surface area (Å²) in [6.45, 7) is 0.922. The number of fused-ring (bicyclic) bond motifs is 1. The van der Waals surface area contributed by atoms with E-state index in [0.717, 1.165) is 25.1 Å². The lowest BCUT2D eigenvalue weighted by atomic mass is 10.0. The summed E-state index contributed by atoms with van der Waals surface area (Å²) in [6.07, 6.45) is 4.75. The number of nitrogens with zero attached hydrogens (tertiary/aromatic N) is 1. The Bertz CT molecular complexity index is 680. The van der Waals surface area contributed by atoms with E-state index < -0.39 is 10.0 Å². The Hall–Kier alpha value is -2.02. The Morgan fingerprint density at radius 2 is 2.21 bits per heavy atom. The summed E-state index contributed by atoms with van der Waals surface area (Å²) in [5.41, 5.74) is 2.77. The van der Waals surface area contributed by atoms with Crippen molar-refractivity contribution in [2.45, 2.75) is 17.7 Å². The molecule has 7 heteroatoms. The molecule has 0 amide bonds. The van der Waals surface area contributed by atoms with Gasteiger partial charge in [-0.25, -0.2) is 8.42 Å². The second-order valence-electron chi connectivity index (χ2n) is 4.44. The molecule has 0 bridgehead atoms. The molecular formula is C12H14N4O2S. The number of hydrogen-bond acceptors (Lipinski definition) is 4. The maximum absolute atomic E-state index is 12.0. The third kappa shape index (κ3) is 2.41. The zero-order valence-electron chi connectivity index (χ0n) is 10.2. The third-order valence-electron chi connectivity index (χ3n) is 3.08. The van der Waals surface area contributed by atoms with Crippen LogP contribution in [0.25, 0.3) is 0 Å². The van der Waals surface area contributed by atoms with Gasteiger partial charge in [-0.1, -0.05) is 6.07 Å². The van der Waals surface area contributed by atoms with Crippen LogP contribution in [0.2, 0.25) is 0 Å². The predicted molar refractivity (Wildman–Crippen MR) is 72.6 cm³/mol. The average molecular weight is 278 g/mol. The van der Waals surface area contributed by atoms with Crippen LogP contribution in [-0.2, 0) is 16.4 Å². The molecule has 1 aliphatic rings. The van der Waals surface area contributed by atoms with Crippen molar-refractivity contribution in [2.75, 3.05) is 16.6 Å². The van der Waals surface area contributed by atoms with Crippen molar-refractivity contribution in [1.82, 2.24) is 10.2 Å². The van der Waals surface area contributed by atoms with Crippen LogP contribution in [0.15, 0.2) is 35.5 Å². The first kappa shape index (κ1) is 12.0. The average Bonchev–Trinajstić information content (AvgIpc) is 2.93. The number of H-pyrrole nitrogens is 1. The van der Waals surface area contributed by atoms with Crippen molar-refractivity contribution in [3.63, 3.8) is 0 Å². The monoisotopic (exact) mass is 278 g/mol. The van der Waals surface area contributed by atoms with Crippen LogP contribution >= 0.6 is 0 Å². The normalized spacial score (nSPS) is 14.5. The summed E-state index contributed by atoms with van der Waals surface area (Å²) in [4.78, 5) is 0.123. The van der Waals surface area contributed by atoms with Crippen molar-refractivity contribution in [2.24, 2.45) is 0 Å². The number of aromatic amines is 1. The van der Waals surface area contributed by atoms with Gasteiger partial charge < -0.3 is 5.32 Å². The van der Waals surface area contributed by atoms with Gasteiger partial charge in [-0.3, -0.25) is 9.82 Å². The Kier molecular flexibility index (Phi) is 2.90. The fraction of sp³-hybridized carbons (Fsp3) is 0.250. The second-order valence-corrected chi connectivity index (χ2v) is 6.12. The van der Waals surface area contributed by atoms with Gasteiger partial charge in [-0.2, -0.15) is 5.10 Å². The Morgan fingerprint density at radius 3 is 3.00 bits per heavy atom. The topological polar surface area (TPSA) is 86.9 Å². The van der Waals surface area contributed by atoms with Crippen LogP contribution in [0.4, 0.5) is 11.4 Å². The van der Waals surface area contributed by atoms with Gasteiger partial charge in [0.1, 0.15) is 4.90 Å². The lowest BCUT2D eigenvalue weighted by Gasteiger charge is -2.19. The van der Waals surface area contributed by atoms with Crippen LogP contribution in [0.5, 0.6) is 0 Å². The van der Waals surface area contributed by atoms with Crippen molar-refractivity contribution >= 4 is 21.4 Å². The number of anilines is 2. The molecule has 3 rings (SSSR count). The first-order chi connectivity index (χ1) is 9.15. The van der Waals surface area contributed by atoms with Crippen LogP contribution in [0, 0.1) is 0 Å². The van der Waals surface area contributed by atoms with Gasteiger partial charge in [-0.15, -0.1) is 0 Å².